The van der Waals surface area contributed by atoms with Crippen LogP contribution in [0, 0.1) is 29.1 Å². The second-order valence-corrected chi connectivity index (χ2v) is 10.8. The van der Waals surface area contributed by atoms with Gasteiger partial charge in [-0.05, 0) is 98.7 Å². The first-order chi connectivity index (χ1) is 13.5. The van der Waals surface area contributed by atoms with E-state index < -0.39 is 0 Å². The Bertz CT molecular complexity index is 682. The van der Waals surface area contributed by atoms with Gasteiger partial charge in [-0.1, -0.05) is 39.3 Å². The van der Waals surface area contributed by atoms with Crippen molar-refractivity contribution in [1.29, 1.82) is 0 Å². The fourth-order valence-electron chi connectivity index (χ4n) is 7.00. The molecule has 4 bridgehead atoms. The Morgan fingerprint density at radius 3 is 2.36 bits per heavy atom. The van der Waals surface area contributed by atoms with Crippen molar-refractivity contribution in [3.8, 4) is 5.75 Å². The predicted octanol–water partition coefficient (Wildman–Crippen LogP) is 6.94. The number of benzene rings is 1. The van der Waals surface area contributed by atoms with Crippen LogP contribution in [0.25, 0.3) is 0 Å². The number of hydrogen-bond acceptors (Lipinski definition) is 2. The smallest absolute Gasteiger partial charge is 0.205 e. The van der Waals surface area contributed by atoms with E-state index in [1.54, 1.807) is 0 Å². The molecule has 5 rings (SSSR count). The van der Waals surface area contributed by atoms with Crippen LogP contribution in [0.5, 0.6) is 5.75 Å². The van der Waals surface area contributed by atoms with Gasteiger partial charge in [-0.15, -0.1) is 0 Å². The van der Waals surface area contributed by atoms with Crippen molar-refractivity contribution in [2.75, 3.05) is 0 Å². The summed E-state index contributed by atoms with van der Waals surface area (Å²) in [4.78, 5) is 0. The van der Waals surface area contributed by atoms with Crippen LogP contribution in [0.1, 0.15) is 90.0 Å². The van der Waals surface area contributed by atoms with Crippen molar-refractivity contribution in [1.82, 2.24) is 0 Å². The molecule has 0 N–H and O–H groups in total. The molecule has 2 heteroatoms. The van der Waals surface area contributed by atoms with Crippen LogP contribution < -0.4 is 4.74 Å². The third kappa shape index (κ3) is 3.30. The van der Waals surface area contributed by atoms with Crippen LogP contribution in [0.15, 0.2) is 24.3 Å². The van der Waals surface area contributed by atoms with Crippen molar-refractivity contribution >= 4 is 0 Å². The fraction of sp³-hybridized carbons (Fsp3) is 0.769. The molecule has 4 aliphatic rings. The summed E-state index contributed by atoms with van der Waals surface area (Å²) in [5.41, 5.74) is 1.59. The number of hydrogen-bond donors (Lipinski definition) is 0. The minimum atomic E-state index is -0.0819. The van der Waals surface area contributed by atoms with Gasteiger partial charge in [0.2, 0.25) is 6.29 Å². The highest BCUT2D eigenvalue weighted by Crippen LogP contribution is 2.59. The average molecular weight is 383 g/mol. The van der Waals surface area contributed by atoms with Crippen molar-refractivity contribution in [2.24, 2.45) is 29.1 Å². The summed E-state index contributed by atoms with van der Waals surface area (Å²) < 4.78 is 13.5. The maximum Gasteiger partial charge on any atom is 0.205 e. The maximum absolute atomic E-state index is 6.87. The summed E-state index contributed by atoms with van der Waals surface area (Å²) in [5.74, 6) is 4.98. The van der Waals surface area contributed by atoms with Gasteiger partial charge in [0.25, 0.3) is 0 Å². The summed E-state index contributed by atoms with van der Waals surface area (Å²) in [5, 5.41) is 0. The Labute approximate surface area is 171 Å². The van der Waals surface area contributed by atoms with Crippen LogP contribution in [-0.4, -0.2) is 12.4 Å². The molecule has 8 unspecified atom stereocenters. The molecule has 4 saturated carbocycles. The molecule has 1 aromatic carbocycles. The normalized spacial score (nSPS) is 40.8. The van der Waals surface area contributed by atoms with Gasteiger partial charge in [0.05, 0.1) is 6.10 Å². The van der Waals surface area contributed by atoms with Gasteiger partial charge in [-0.25, -0.2) is 0 Å². The number of rotatable bonds is 7. The number of fused-ring (bicyclic) bond motifs is 4. The largest absolute Gasteiger partial charge is 0.464 e. The highest BCUT2D eigenvalue weighted by Gasteiger charge is 2.55. The average Bonchev–Trinajstić information content (AvgIpc) is 3.48. The molecule has 4 fully saturated rings. The summed E-state index contributed by atoms with van der Waals surface area (Å²) in [6.45, 7) is 7.01. The van der Waals surface area contributed by atoms with Gasteiger partial charge in [-0.3, -0.25) is 0 Å². The minimum Gasteiger partial charge on any atom is -0.464 e. The Morgan fingerprint density at radius 1 is 1.00 bits per heavy atom. The van der Waals surface area contributed by atoms with E-state index in [-0.39, 0.29) is 11.7 Å². The van der Waals surface area contributed by atoms with Crippen LogP contribution in [0.4, 0.5) is 0 Å². The van der Waals surface area contributed by atoms with E-state index >= 15 is 0 Å². The number of ether oxygens (including phenoxy) is 2. The van der Waals surface area contributed by atoms with Gasteiger partial charge >= 0.3 is 0 Å². The van der Waals surface area contributed by atoms with Crippen LogP contribution in [-0.2, 0) is 4.74 Å². The first kappa shape index (κ1) is 19.0. The Balaban J connectivity index is 1.35. The summed E-state index contributed by atoms with van der Waals surface area (Å²) in [7, 11) is 0. The van der Waals surface area contributed by atoms with Crippen molar-refractivity contribution in [3.05, 3.63) is 29.8 Å². The summed E-state index contributed by atoms with van der Waals surface area (Å²) >= 11 is 0. The van der Waals surface area contributed by atoms with E-state index in [1.807, 2.05) is 0 Å². The molecule has 0 aliphatic heterocycles. The Hall–Kier alpha value is -1.02. The lowest BCUT2D eigenvalue weighted by atomic mass is 9.74. The highest BCUT2D eigenvalue weighted by atomic mass is 16.7. The van der Waals surface area contributed by atoms with Gasteiger partial charge in [0.15, 0.2) is 0 Å². The molecule has 154 valence electrons. The van der Waals surface area contributed by atoms with Crippen LogP contribution in [0.3, 0.4) is 0 Å². The molecule has 0 saturated heterocycles. The maximum atomic E-state index is 6.87. The van der Waals surface area contributed by atoms with E-state index in [0.717, 1.165) is 29.4 Å². The molecular weight excluding hydrogens is 344 g/mol. The lowest BCUT2D eigenvalue weighted by Gasteiger charge is -2.42. The second kappa shape index (κ2) is 7.35. The lowest BCUT2D eigenvalue weighted by molar-refractivity contribution is -0.204. The molecule has 4 aliphatic carbocycles. The molecule has 0 radical (unpaired) electrons. The SMILES string of the molecule is CCC(C)c1ccc(OC(OC2CC3CCC2C3)C2(C)CC3CCC2C3)cc1. The molecule has 0 aromatic heterocycles. The summed E-state index contributed by atoms with van der Waals surface area (Å²) in [6.07, 6.45) is 12.4. The standard InChI is InChI=1S/C26H38O2/c1-4-17(2)20-8-11-23(12-9-20)27-25(26(3)16-19-6-10-22(26)14-19)28-24-15-18-5-7-21(24)13-18/h8-9,11-12,17-19,21-22,24-25H,4-7,10,13-16H2,1-3H3. The van der Waals surface area contributed by atoms with Gasteiger partial charge in [-0.2, -0.15) is 0 Å². The third-order valence-electron chi connectivity index (χ3n) is 9.02. The fourth-order valence-corrected chi connectivity index (χ4v) is 7.00. The third-order valence-corrected chi connectivity index (χ3v) is 9.02. The van der Waals surface area contributed by atoms with E-state index in [9.17, 15) is 0 Å². The molecule has 1 aromatic rings. The molecule has 0 amide bonds. The zero-order chi connectivity index (χ0) is 19.3. The molecule has 2 nitrogen and oxygen atoms in total. The monoisotopic (exact) mass is 382 g/mol. The molecule has 28 heavy (non-hydrogen) atoms. The van der Waals surface area contributed by atoms with Crippen LogP contribution >= 0.6 is 0 Å². The second-order valence-electron chi connectivity index (χ2n) is 10.8. The predicted molar refractivity (Wildman–Crippen MR) is 113 cm³/mol. The van der Waals surface area contributed by atoms with E-state index in [4.69, 9.17) is 9.47 Å². The minimum absolute atomic E-state index is 0.0819. The van der Waals surface area contributed by atoms with Gasteiger partial charge < -0.3 is 9.47 Å². The zero-order valence-electron chi connectivity index (χ0n) is 18.0. The molecule has 0 spiro atoms. The molecule has 0 heterocycles. The quantitative estimate of drug-likeness (QED) is 0.476. The van der Waals surface area contributed by atoms with Crippen molar-refractivity contribution in [2.45, 2.75) is 96.9 Å². The van der Waals surface area contributed by atoms with E-state index in [0.29, 0.717) is 12.0 Å². The zero-order valence-corrected chi connectivity index (χ0v) is 18.0. The van der Waals surface area contributed by atoms with Crippen molar-refractivity contribution < 1.29 is 9.47 Å². The van der Waals surface area contributed by atoms with Crippen molar-refractivity contribution in [3.63, 3.8) is 0 Å². The lowest BCUT2D eigenvalue weighted by Crippen LogP contribution is -2.45. The highest BCUT2D eigenvalue weighted by molar-refractivity contribution is 5.29. The van der Waals surface area contributed by atoms with E-state index in [2.05, 4.69) is 45.0 Å². The topological polar surface area (TPSA) is 18.5 Å². The molecule has 8 atom stereocenters. The Kier molecular flexibility index (Phi) is 4.98. The Morgan fingerprint density at radius 2 is 1.79 bits per heavy atom. The first-order valence-electron chi connectivity index (χ1n) is 12.0. The summed E-state index contributed by atoms with van der Waals surface area (Å²) in [6, 6.07) is 8.85. The first-order valence-corrected chi connectivity index (χ1v) is 12.0. The van der Waals surface area contributed by atoms with E-state index in [1.165, 1.54) is 63.4 Å². The molecular formula is C26H38O2. The van der Waals surface area contributed by atoms with Crippen LogP contribution in [0.2, 0.25) is 0 Å². The van der Waals surface area contributed by atoms with Gasteiger partial charge in [0, 0.05) is 5.41 Å². The van der Waals surface area contributed by atoms with Gasteiger partial charge in [0.1, 0.15) is 5.75 Å².